The lowest BCUT2D eigenvalue weighted by Crippen LogP contribution is -2.41. The number of methoxy groups -OCH3 is 2. The molecule has 0 saturated carbocycles. The number of carbonyl (C=O) groups is 4. The van der Waals surface area contributed by atoms with Crippen LogP contribution in [0.5, 0.6) is 0 Å². The van der Waals surface area contributed by atoms with Gasteiger partial charge in [-0.15, -0.1) is 0 Å². The Morgan fingerprint density at radius 3 is 1.42 bits per heavy atom. The number of aliphatic hydroxyl groups is 1. The summed E-state index contributed by atoms with van der Waals surface area (Å²) in [5, 5.41) is 15.3. The lowest BCUT2D eigenvalue weighted by atomic mass is 9.98. The molecule has 0 aliphatic heterocycles. The van der Waals surface area contributed by atoms with Crippen LogP contribution in [0, 0.1) is 0 Å². The fourth-order valence-electron chi connectivity index (χ4n) is 2.28. The second-order valence-corrected chi connectivity index (χ2v) is 5.48. The van der Waals surface area contributed by atoms with Gasteiger partial charge in [-0.3, -0.25) is 19.2 Å². The number of nitrogens with one attached hydrogen (secondary N) is 2. The highest BCUT2D eigenvalue weighted by atomic mass is 16.5. The van der Waals surface area contributed by atoms with E-state index >= 15 is 0 Å². The van der Waals surface area contributed by atoms with E-state index in [-0.39, 0.29) is 37.5 Å². The highest BCUT2D eigenvalue weighted by molar-refractivity contribution is 5.76. The summed E-state index contributed by atoms with van der Waals surface area (Å²) in [6.45, 7) is 2.60. The summed E-state index contributed by atoms with van der Waals surface area (Å²) in [6.07, 6.45) is -0.977. The van der Waals surface area contributed by atoms with Crippen molar-refractivity contribution in [2.75, 3.05) is 14.2 Å². The molecule has 0 bridgehead atoms. The number of hydrogen-bond acceptors (Lipinski definition) is 7. The molecule has 0 fully saturated rings. The van der Waals surface area contributed by atoms with Gasteiger partial charge in [0.1, 0.15) is 0 Å². The Balaban J connectivity index is 4.75. The molecular weight excluding hydrogens is 320 g/mol. The Morgan fingerprint density at radius 1 is 0.833 bits per heavy atom. The van der Waals surface area contributed by atoms with E-state index in [2.05, 4.69) is 20.1 Å². The van der Waals surface area contributed by atoms with Gasteiger partial charge in [0, 0.05) is 25.9 Å². The first-order valence-electron chi connectivity index (χ1n) is 7.53. The highest BCUT2D eigenvalue weighted by Crippen LogP contribution is 2.12. The lowest BCUT2D eigenvalue weighted by molar-refractivity contribution is -0.142. The van der Waals surface area contributed by atoms with E-state index in [4.69, 9.17) is 0 Å². The third-order valence-electron chi connectivity index (χ3n) is 3.21. The molecule has 9 heteroatoms. The van der Waals surface area contributed by atoms with Gasteiger partial charge in [0.2, 0.25) is 11.8 Å². The number of aliphatic hydroxyl groups excluding tert-OH is 1. The van der Waals surface area contributed by atoms with E-state index in [9.17, 15) is 24.3 Å². The van der Waals surface area contributed by atoms with Crippen LogP contribution < -0.4 is 10.6 Å². The normalized spacial score (nSPS) is 14.0. The Morgan fingerprint density at radius 2 is 1.17 bits per heavy atom. The van der Waals surface area contributed by atoms with Crippen LogP contribution in [-0.4, -0.2) is 61.3 Å². The molecule has 0 aliphatic carbocycles. The monoisotopic (exact) mass is 346 g/mol. The molecule has 2 amide bonds. The van der Waals surface area contributed by atoms with Crippen LogP contribution in [0.15, 0.2) is 0 Å². The predicted molar refractivity (Wildman–Crippen MR) is 83.7 cm³/mol. The van der Waals surface area contributed by atoms with E-state index in [1.54, 1.807) is 0 Å². The molecule has 0 rings (SSSR count). The Labute approximate surface area is 141 Å². The van der Waals surface area contributed by atoms with Gasteiger partial charge in [0.15, 0.2) is 0 Å². The molecule has 0 radical (unpaired) electrons. The smallest absolute Gasteiger partial charge is 0.307 e. The van der Waals surface area contributed by atoms with Crippen molar-refractivity contribution in [2.45, 2.75) is 57.7 Å². The zero-order valence-corrected chi connectivity index (χ0v) is 14.5. The van der Waals surface area contributed by atoms with E-state index in [0.717, 1.165) is 0 Å². The summed E-state index contributed by atoms with van der Waals surface area (Å²) in [5.41, 5.74) is 0. The van der Waals surface area contributed by atoms with E-state index in [0.29, 0.717) is 0 Å². The van der Waals surface area contributed by atoms with Crippen molar-refractivity contribution in [1.82, 2.24) is 10.6 Å². The van der Waals surface area contributed by atoms with Crippen molar-refractivity contribution in [1.29, 1.82) is 0 Å². The third kappa shape index (κ3) is 10.5. The minimum Gasteiger partial charge on any atom is -0.469 e. The van der Waals surface area contributed by atoms with Gasteiger partial charge in [-0.2, -0.15) is 0 Å². The molecule has 24 heavy (non-hydrogen) atoms. The molecule has 138 valence electrons. The Kier molecular flexibility index (Phi) is 10.4. The Hall–Kier alpha value is -2.16. The number of rotatable bonds is 10. The molecule has 0 heterocycles. The molecular formula is C15H26N2O7. The first-order valence-corrected chi connectivity index (χ1v) is 7.53. The zero-order chi connectivity index (χ0) is 18.7. The van der Waals surface area contributed by atoms with Crippen molar-refractivity contribution >= 4 is 23.8 Å². The third-order valence-corrected chi connectivity index (χ3v) is 3.21. The van der Waals surface area contributed by atoms with Crippen LogP contribution in [-0.2, 0) is 28.7 Å². The van der Waals surface area contributed by atoms with E-state index in [1.165, 1.54) is 28.1 Å². The van der Waals surface area contributed by atoms with Crippen molar-refractivity contribution in [3.8, 4) is 0 Å². The summed E-state index contributed by atoms with van der Waals surface area (Å²) in [6, 6.07) is -1.22. The van der Waals surface area contributed by atoms with Gasteiger partial charge in [0.25, 0.3) is 0 Å². The molecule has 0 aromatic carbocycles. The standard InChI is InChI=1S/C15H26N2O7/c1-9(18)16-11(7-14(21)23-3)5-13(20)6-12(17-10(2)19)8-15(22)24-4/h11-13,20H,5-8H2,1-4H3,(H,16,18)(H,17,19). The number of esters is 2. The molecule has 9 nitrogen and oxygen atoms in total. The van der Waals surface area contributed by atoms with Crippen molar-refractivity contribution < 1.29 is 33.8 Å². The molecule has 0 aromatic rings. The predicted octanol–water partition coefficient (Wildman–Crippen LogP) is -0.737. The molecule has 3 N–H and O–H groups in total. The number of hydrogen-bond donors (Lipinski definition) is 3. The average molecular weight is 346 g/mol. The van der Waals surface area contributed by atoms with Crippen molar-refractivity contribution in [2.24, 2.45) is 0 Å². The quantitative estimate of drug-likeness (QED) is 0.444. The minimum absolute atomic E-state index is 0.0753. The molecule has 2 unspecified atom stereocenters. The molecule has 0 aromatic heterocycles. The minimum atomic E-state index is -0.951. The van der Waals surface area contributed by atoms with Crippen molar-refractivity contribution in [3.63, 3.8) is 0 Å². The topological polar surface area (TPSA) is 131 Å². The Bertz CT molecular complexity index is 413. The molecule has 0 aliphatic rings. The SMILES string of the molecule is COC(=O)CC(CC(O)CC(CC(=O)OC)NC(C)=O)NC(C)=O. The van der Waals surface area contributed by atoms with Gasteiger partial charge in [0.05, 0.1) is 33.2 Å². The van der Waals surface area contributed by atoms with Gasteiger partial charge >= 0.3 is 11.9 Å². The first-order chi connectivity index (χ1) is 11.2. The average Bonchev–Trinajstić information content (AvgIpc) is 2.44. The zero-order valence-electron chi connectivity index (χ0n) is 14.5. The van der Waals surface area contributed by atoms with Crippen LogP contribution in [0.1, 0.15) is 39.5 Å². The summed E-state index contributed by atoms with van der Waals surface area (Å²) in [7, 11) is 2.46. The summed E-state index contributed by atoms with van der Waals surface area (Å²) in [4.78, 5) is 45.1. The molecule has 2 atom stereocenters. The molecule has 0 saturated heterocycles. The first kappa shape index (κ1) is 21.8. The van der Waals surface area contributed by atoms with Crippen LogP contribution in [0.25, 0.3) is 0 Å². The van der Waals surface area contributed by atoms with Gasteiger partial charge in [-0.25, -0.2) is 0 Å². The van der Waals surface area contributed by atoms with Crippen LogP contribution in [0.3, 0.4) is 0 Å². The van der Waals surface area contributed by atoms with Crippen LogP contribution in [0.2, 0.25) is 0 Å². The van der Waals surface area contributed by atoms with Gasteiger partial charge in [-0.1, -0.05) is 0 Å². The number of amides is 2. The maximum absolute atomic E-state index is 11.4. The van der Waals surface area contributed by atoms with Crippen LogP contribution in [0.4, 0.5) is 0 Å². The maximum atomic E-state index is 11.4. The lowest BCUT2D eigenvalue weighted by Gasteiger charge is -2.24. The second-order valence-electron chi connectivity index (χ2n) is 5.48. The maximum Gasteiger partial charge on any atom is 0.307 e. The van der Waals surface area contributed by atoms with Crippen LogP contribution >= 0.6 is 0 Å². The number of carbonyl (C=O) groups excluding carboxylic acids is 4. The largest absolute Gasteiger partial charge is 0.469 e. The fourth-order valence-corrected chi connectivity index (χ4v) is 2.28. The molecule has 0 spiro atoms. The van der Waals surface area contributed by atoms with Gasteiger partial charge < -0.3 is 25.2 Å². The van der Waals surface area contributed by atoms with E-state index in [1.807, 2.05) is 0 Å². The summed E-state index contributed by atoms with van der Waals surface area (Å²) in [5.74, 6) is -1.73. The second kappa shape index (κ2) is 11.4. The fraction of sp³-hybridized carbons (Fsp3) is 0.733. The summed E-state index contributed by atoms with van der Waals surface area (Å²) < 4.78 is 9.11. The van der Waals surface area contributed by atoms with Crippen molar-refractivity contribution in [3.05, 3.63) is 0 Å². The summed E-state index contributed by atoms with van der Waals surface area (Å²) >= 11 is 0. The highest BCUT2D eigenvalue weighted by Gasteiger charge is 2.24. The van der Waals surface area contributed by atoms with E-state index < -0.39 is 30.1 Å². The van der Waals surface area contributed by atoms with Gasteiger partial charge in [-0.05, 0) is 12.8 Å². The number of ether oxygens (including phenoxy) is 2.